The van der Waals surface area contributed by atoms with Crippen molar-refractivity contribution in [2.24, 2.45) is 0 Å². The fourth-order valence-corrected chi connectivity index (χ4v) is 1.07. The van der Waals surface area contributed by atoms with Crippen molar-refractivity contribution in [2.45, 2.75) is 12.4 Å². The van der Waals surface area contributed by atoms with Gasteiger partial charge in [-0.1, -0.05) is 18.2 Å². The fourth-order valence-electron chi connectivity index (χ4n) is 1.07. The van der Waals surface area contributed by atoms with E-state index in [0.717, 1.165) is 0 Å². The number of para-hydroxylation sites is 1. The molecule has 0 amide bonds. The summed E-state index contributed by atoms with van der Waals surface area (Å²) in [6.07, 6.45) is 0. The van der Waals surface area contributed by atoms with E-state index < -0.39 is 15.6 Å². The van der Waals surface area contributed by atoms with E-state index in [0.29, 0.717) is 0 Å². The maximum absolute atomic E-state index is 10.7. The maximum Gasteiger partial charge on any atom is 0.522 e. The van der Waals surface area contributed by atoms with Crippen LogP contribution in [-0.4, -0.2) is 32.6 Å². The molecule has 0 saturated carbocycles. The second-order valence-corrected chi connectivity index (χ2v) is 5.01. The van der Waals surface area contributed by atoms with Crippen molar-refractivity contribution < 1.29 is 26.1 Å². The number of halogens is 3. The number of rotatable bonds is 1. The van der Waals surface area contributed by atoms with Crippen LogP contribution >= 0.6 is 0 Å². The van der Waals surface area contributed by atoms with Crippen LogP contribution in [0.3, 0.4) is 0 Å². The molecule has 1 N–H and O–H groups in total. The number of hydrogen-bond acceptors (Lipinski definition) is 3. The Morgan fingerprint density at radius 2 is 1.56 bits per heavy atom. The minimum absolute atomic E-state index is 1.29. The second kappa shape index (κ2) is 6.05. The molecule has 4 nitrogen and oxygen atoms in total. The first kappa shape index (κ1) is 16.7. The van der Waals surface area contributed by atoms with E-state index >= 15 is 0 Å². The first-order valence-corrected chi connectivity index (χ1v) is 6.17. The van der Waals surface area contributed by atoms with E-state index in [4.69, 9.17) is 13.0 Å². The molecule has 0 unspecified atom stereocenters. The molecule has 104 valence electrons. The number of hydrogen-bond donors (Lipinski definition) is 1. The van der Waals surface area contributed by atoms with E-state index in [1.165, 1.54) is 11.3 Å². The minimum Gasteiger partial charge on any atom is -0.377 e. The predicted octanol–water partition coefficient (Wildman–Crippen LogP) is 2.46. The van der Waals surface area contributed by atoms with Gasteiger partial charge >= 0.3 is 15.6 Å². The van der Waals surface area contributed by atoms with E-state index in [1.807, 2.05) is 0 Å². The van der Waals surface area contributed by atoms with Crippen LogP contribution in [0.4, 0.5) is 18.9 Å². The van der Waals surface area contributed by atoms with Crippen molar-refractivity contribution in [1.29, 1.82) is 0 Å². The molecule has 0 heterocycles. The summed E-state index contributed by atoms with van der Waals surface area (Å²) in [4.78, 5) is 2.12. The molecule has 0 radical (unpaired) electrons. The van der Waals surface area contributed by atoms with Crippen LogP contribution in [0.1, 0.15) is 5.56 Å². The Labute approximate surface area is 104 Å². The van der Waals surface area contributed by atoms with Gasteiger partial charge in [0.1, 0.15) is 0 Å². The summed E-state index contributed by atoms with van der Waals surface area (Å²) in [5, 5.41) is 0. The summed E-state index contributed by atoms with van der Waals surface area (Å²) in [6.45, 7) is 2.12. The van der Waals surface area contributed by atoms with Crippen molar-refractivity contribution in [3.8, 4) is 0 Å². The lowest BCUT2D eigenvalue weighted by Gasteiger charge is -2.14. The zero-order valence-electron chi connectivity index (χ0n) is 10.1. The zero-order chi connectivity index (χ0) is 14.6. The van der Waals surface area contributed by atoms with Crippen molar-refractivity contribution >= 4 is 15.8 Å². The van der Waals surface area contributed by atoms with Gasteiger partial charge in [0.05, 0.1) is 0 Å². The summed E-state index contributed by atoms with van der Waals surface area (Å²) in [5.74, 6) is 0. The summed E-state index contributed by atoms with van der Waals surface area (Å²) < 4.78 is 57.5. The molecule has 0 fully saturated rings. The van der Waals surface area contributed by atoms with Gasteiger partial charge in [-0.15, -0.1) is 0 Å². The fraction of sp³-hybridized carbons (Fsp3) is 0.400. The van der Waals surface area contributed by atoms with Gasteiger partial charge in [-0.3, -0.25) is 4.55 Å². The van der Waals surface area contributed by atoms with E-state index in [2.05, 4.69) is 50.2 Å². The van der Waals surface area contributed by atoms with Gasteiger partial charge in [0, 0.05) is 19.8 Å². The molecule has 1 aromatic rings. The standard InChI is InChI=1S/C9H13N.CHF3O3S/c1-8-6-4-5-7-9(8)10(2)3;2-1(3,4)8(5,6)7/h4-7H,1-3H3;(H,5,6,7). The molecule has 8 heteroatoms. The SMILES string of the molecule is Cc1ccccc1N(C)C.O=S(=O)(O)C(F)(F)F. The highest BCUT2D eigenvalue weighted by atomic mass is 32.2. The second-order valence-electron chi connectivity index (χ2n) is 3.60. The van der Waals surface area contributed by atoms with Crippen LogP contribution in [0.5, 0.6) is 0 Å². The van der Waals surface area contributed by atoms with Crippen LogP contribution in [0.2, 0.25) is 0 Å². The van der Waals surface area contributed by atoms with Crippen molar-refractivity contribution in [2.75, 3.05) is 19.0 Å². The minimum atomic E-state index is -5.84. The average molecular weight is 285 g/mol. The van der Waals surface area contributed by atoms with Gasteiger partial charge in [0.2, 0.25) is 0 Å². The molecule has 0 bridgehead atoms. The molecule has 1 rings (SSSR count). The first-order chi connectivity index (χ1) is 7.97. The Kier molecular flexibility index (Phi) is 5.62. The molecule has 0 aliphatic rings. The van der Waals surface area contributed by atoms with Crippen molar-refractivity contribution in [1.82, 2.24) is 0 Å². The molecular weight excluding hydrogens is 271 g/mol. The van der Waals surface area contributed by atoms with Gasteiger partial charge in [0.15, 0.2) is 0 Å². The third kappa shape index (κ3) is 5.37. The van der Waals surface area contributed by atoms with Crippen LogP contribution in [-0.2, 0) is 10.1 Å². The van der Waals surface area contributed by atoms with Gasteiger partial charge in [0.25, 0.3) is 0 Å². The van der Waals surface area contributed by atoms with Gasteiger partial charge < -0.3 is 4.90 Å². The Morgan fingerprint density at radius 3 is 1.78 bits per heavy atom. The van der Waals surface area contributed by atoms with Gasteiger partial charge in [-0.2, -0.15) is 21.6 Å². The van der Waals surface area contributed by atoms with Crippen LogP contribution in [0, 0.1) is 6.92 Å². The lowest BCUT2D eigenvalue weighted by molar-refractivity contribution is -0.0510. The van der Waals surface area contributed by atoms with Gasteiger partial charge in [-0.05, 0) is 18.6 Å². The van der Waals surface area contributed by atoms with Gasteiger partial charge in [-0.25, -0.2) is 0 Å². The highest BCUT2D eigenvalue weighted by Gasteiger charge is 2.44. The number of nitrogens with zero attached hydrogens (tertiary/aromatic N) is 1. The van der Waals surface area contributed by atoms with Crippen LogP contribution in [0.15, 0.2) is 24.3 Å². The summed E-state index contributed by atoms with van der Waals surface area (Å²) in [6, 6.07) is 8.36. The Balaban J connectivity index is 0.000000331. The van der Waals surface area contributed by atoms with Crippen molar-refractivity contribution in [3.05, 3.63) is 29.8 Å². The van der Waals surface area contributed by atoms with Crippen LogP contribution in [0.25, 0.3) is 0 Å². The highest BCUT2D eigenvalue weighted by Crippen LogP contribution is 2.20. The normalized spacial score (nSPS) is 11.5. The Morgan fingerprint density at radius 1 is 1.17 bits per heavy atom. The third-order valence-corrected chi connectivity index (χ3v) is 2.47. The lowest BCUT2D eigenvalue weighted by Crippen LogP contribution is -2.21. The molecule has 0 spiro atoms. The first-order valence-electron chi connectivity index (χ1n) is 4.73. The van der Waals surface area contributed by atoms with E-state index in [9.17, 15) is 13.2 Å². The van der Waals surface area contributed by atoms with E-state index in [-0.39, 0.29) is 0 Å². The maximum atomic E-state index is 10.7. The summed E-state index contributed by atoms with van der Waals surface area (Å²) in [7, 11) is -1.72. The zero-order valence-corrected chi connectivity index (χ0v) is 10.9. The molecule has 0 saturated heterocycles. The smallest absolute Gasteiger partial charge is 0.377 e. The highest BCUT2D eigenvalue weighted by molar-refractivity contribution is 7.86. The summed E-state index contributed by atoms with van der Waals surface area (Å²) in [5.41, 5.74) is -2.91. The number of alkyl halides is 3. The molecule has 1 aromatic carbocycles. The molecule has 0 aromatic heterocycles. The number of anilines is 1. The Hall–Kier alpha value is -1.28. The average Bonchev–Trinajstić information content (AvgIpc) is 2.15. The third-order valence-electron chi connectivity index (χ3n) is 1.89. The van der Waals surface area contributed by atoms with Crippen LogP contribution < -0.4 is 4.90 Å². The largest absolute Gasteiger partial charge is 0.522 e. The van der Waals surface area contributed by atoms with Crippen molar-refractivity contribution in [3.63, 3.8) is 0 Å². The Bertz CT molecular complexity index is 483. The number of benzene rings is 1. The monoisotopic (exact) mass is 285 g/mol. The number of aryl methyl sites for hydroxylation is 1. The summed E-state index contributed by atoms with van der Waals surface area (Å²) >= 11 is 0. The van der Waals surface area contributed by atoms with E-state index in [1.54, 1.807) is 0 Å². The molecule has 0 atom stereocenters. The molecule has 0 aliphatic heterocycles. The molecular formula is C10H14F3NO3S. The molecule has 18 heavy (non-hydrogen) atoms. The quantitative estimate of drug-likeness (QED) is 0.636. The predicted molar refractivity (Wildman–Crippen MR) is 63.1 cm³/mol. The topological polar surface area (TPSA) is 57.6 Å². The molecule has 0 aliphatic carbocycles. The lowest BCUT2D eigenvalue weighted by atomic mass is 10.2.